The number of hydrogen-bond acceptors (Lipinski definition) is 4. The van der Waals surface area contributed by atoms with Gasteiger partial charge in [0.05, 0.1) is 18.3 Å². The van der Waals surface area contributed by atoms with Gasteiger partial charge >= 0.3 is 5.97 Å². The van der Waals surface area contributed by atoms with Crippen molar-refractivity contribution in [1.29, 1.82) is 0 Å². The molecule has 0 radical (unpaired) electrons. The van der Waals surface area contributed by atoms with Crippen molar-refractivity contribution in [3.63, 3.8) is 0 Å². The quantitative estimate of drug-likeness (QED) is 0.412. The van der Waals surface area contributed by atoms with Crippen LogP contribution < -0.4 is 0 Å². The number of ether oxygens (including phenoxy) is 2. The molecule has 5 nitrogen and oxygen atoms in total. The largest absolute Gasteiger partial charge is 0.481 e. The van der Waals surface area contributed by atoms with Crippen LogP contribution in [-0.4, -0.2) is 40.8 Å². The van der Waals surface area contributed by atoms with Crippen molar-refractivity contribution < 1.29 is 24.5 Å². The van der Waals surface area contributed by atoms with Gasteiger partial charge in [0.15, 0.2) is 6.29 Å². The zero-order valence-electron chi connectivity index (χ0n) is 15.2. The van der Waals surface area contributed by atoms with Crippen LogP contribution in [-0.2, 0) is 14.3 Å². The van der Waals surface area contributed by atoms with Crippen molar-refractivity contribution in [2.75, 3.05) is 0 Å². The fraction of sp³-hybridized carbons (Fsp3) is 0.750. The second kappa shape index (κ2) is 10.7. The van der Waals surface area contributed by atoms with E-state index in [2.05, 4.69) is 13.0 Å². The molecule has 2 bridgehead atoms. The highest BCUT2D eigenvalue weighted by Crippen LogP contribution is 2.40. The molecule has 3 fully saturated rings. The summed E-state index contributed by atoms with van der Waals surface area (Å²) in [4.78, 5) is 10.5. The summed E-state index contributed by atoms with van der Waals surface area (Å²) in [5.41, 5.74) is 0. The molecular formula is C20H32O5. The Morgan fingerprint density at radius 2 is 2.04 bits per heavy atom. The van der Waals surface area contributed by atoms with Crippen LogP contribution >= 0.6 is 0 Å². The number of carboxylic acid groups (broad SMARTS) is 1. The summed E-state index contributed by atoms with van der Waals surface area (Å²) in [6.45, 7) is 2.16. The van der Waals surface area contributed by atoms with Crippen LogP contribution in [0, 0.1) is 5.92 Å². The van der Waals surface area contributed by atoms with Crippen LogP contribution in [0.25, 0.3) is 0 Å². The van der Waals surface area contributed by atoms with Gasteiger partial charge in [0, 0.05) is 18.8 Å². The van der Waals surface area contributed by atoms with Crippen LogP contribution in [0.15, 0.2) is 24.3 Å². The molecule has 0 spiro atoms. The van der Waals surface area contributed by atoms with E-state index in [4.69, 9.17) is 14.6 Å². The van der Waals surface area contributed by atoms with Gasteiger partial charge in [-0.3, -0.25) is 4.79 Å². The third-order valence-electron chi connectivity index (χ3n) is 4.92. The zero-order valence-corrected chi connectivity index (χ0v) is 15.2. The van der Waals surface area contributed by atoms with E-state index >= 15 is 0 Å². The number of carbonyl (C=O) groups is 1. The average Bonchev–Trinajstić information content (AvgIpc) is 2.55. The summed E-state index contributed by atoms with van der Waals surface area (Å²) >= 11 is 0. The summed E-state index contributed by atoms with van der Waals surface area (Å²) in [5, 5.41) is 18.7. The molecule has 0 aromatic carbocycles. The van der Waals surface area contributed by atoms with E-state index in [-0.39, 0.29) is 30.8 Å². The van der Waals surface area contributed by atoms with E-state index in [1.54, 1.807) is 0 Å². The molecule has 142 valence electrons. The van der Waals surface area contributed by atoms with Crippen LogP contribution in [0.3, 0.4) is 0 Å². The molecule has 5 atom stereocenters. The highest BCUT2D eigenvalue weighted by atomic mass is 16.7. The number of allylic oxidation sites excluding steroid dienone is 2. The predicted octanol–water partition coefficient (Wildman–Crippen LogP) is 3.82. The second-order valence-corrected chi connectivity index (χ2v) is 7.05. The van der Waals surface area contributed by atoms with E-state index in [1.165, 1.54) is 0 Å². The lowest BCUT2D eigenvalue weighted by Crippen LogP contribution is -2.55. The minimum atomic E-state index is -0.745. The minimum Gasteiger partial charge on any atom is -0.481 e. The van der Waals surface area contributed by atoms with E-state index in [1.807, 2.05) is 18.2 Å². The van der Waals surface area contributed by atoms with Gasteiger partial charge in [0.2, 0.25) is 0 Å². The third-order valence-corrected chi connectivity index (χ3v) is 4.92. The number of fused-ring (bicyclic) bond motifs is 2. The summed E-state index contributed by atoms with van der Waals surface area (Å²) in [6, 6.07) is 0. The van der Waals surface area contributed by atoms with Gasteiger partial charge in [-0.2, -0.15) is 0 Å². The molecule has 1 unspecified atom stereocenters. The van der Waals surface area contributed by atoms with Crippen molar-refractivity contribution in [2.24, 2.45) is 5.92 Å². The zero-order chi connectivity index (χ0) is 18.1. The van der Waals surface area contributed by atoms with Gasteiger partial charge in [-0.05, 0) is 25.7 Å². The summed E-state index contributed by atoms with van der Waals surface area (Å²) in [7, 11) is 0. The number of carboxylic acids is 1. The predicted molar refractivity (Wildman–Crippen MR) is 96.2 cm³/mol. The van der Waals surface area contributed by atoms with E-state index in [0.29, 0.717) is 6.42 Å². The lowest BCUT2D eigenvalue weighted by atomic mass is 9.84. The molecule has 0 amide bonds. The van der Waals surface area contributed by atoms with E-state index < -0.39 is 12.1 Å². The normalized spacial score (nSPS) is 29.8. The van der Waals surface area contributed by atoms with E-state index in [9.17, 15) is 9.90 Å². The molecule has 3 aliphatic rings. The molecule has 2 N–H and O–H groups in total. The minimum absolute atomic E-state index is 0.0120. The molecule has 5 heteroatoms. The Morgan fingerprint density at radius 3 is 2.76 bits per heavy atom. The fourth-order valence-corrected chi connectivity index (χ4v) is 3.38. The first kappa shape index (κ1) is 20.1. The average molecular weight is 352 g/mol. The lowest BCUT2D eigenvalue weighted by molar-refractivity contribution is -0.337. The Bertz CT molecular complexity index is 453. The van der Waals surface area contributed by atoms with E-state index in [0.717, 1.165) is 44.9 Å². The SMILES string of the molecule is CCCCC[C@H](O)/C=C/[C@H]1O[C@H]2C[C@H](O2)C1C/C=C\CCCC(=O)O. The standard InChI is InChI=1S/C20H32O5/c1-2-3-6-9-15(21)12-13-17-16(18-14-20(24-17)25-18)10-7-4-5-8-11-19(22)23/h4,7,12-13,15-18,20-21H,2-3,5-6,8-11,14H2,1H3,(H,22,23)/b7-4-,13-12+/t15-,16?,17+,18-,20+/m0/s1. The summed E-state index contributed by atoms with van der Waals surface area (Å²) in [5.74, 6) is -0.481. The van der Waals surface area contributed by atoms with Gasteiger partial charge < -0.3 is 19.7 Å². The van der Waals surface area contributed by atoms with Gasteiger partial charge in [-0.15, -0.1) is 0 Å². The number of rotatable bonds is 12. The molecule has 0 saturated carbocycles. The van der Waals surface area contributed by atoms with Crippen LogP contribution in [0.1, 0.15) is 64.7 Å². The Labute approximate surface area is 150 Å². The maximum absolute atomic E-state index is 10.5. The summed E-state index contributed by atoms with van der Waals surface area (Å²) < 4.78 is 11.6. The Kier molecular flexibility index (Phi) is 8.65. The van der Waals surface area contributed by atoms with Crippen molar-refractivity contribution in [1.82, 2.24) is 0 Å². The molecule has 3 heterocycles. The first-order valence-electron chi connectivity index (χ1n) is 9.64. The molecule has 25 heavy (non-hydrogen) atoms. The lowest BCUT2D eigenvalue weighted by Gasteiger charge is -2.49. The van der Waals surface area contributed by atoms with Crippen molar-refractivity contribution >= 4 is 5.97 Å². The Balaban J connectivity index is 1.76. The molecule has 3 saturated heterocycles. The smallest absolute Gasteiger partial charge is 0.303 e. The molecule has 0 aliphatic carbocycles. The maximum Gasteiger partial charge on any atom is 0.303 e. The van der Waals surface area contributed by atoms with Crippen molar-refractivity contribution in [2.45, 2.75) is 89.3 Å². The number of aliphatic hydroxyl groups excluding tert-OH is 1. The number of unbranched alkanes of at least 4 members (excludes halogenated alkanes) is 3. The third kappa shape index (κ3) is 6.92. The molecule has 3 aliphatic heterocycles. The van der Waals surface area contributed by atoms with Gasteiger partial charge in [0.25, 0.3) is 0 Å². The number of aliphatic carboxylic acids is 1. The van der Waals surface area contributed by atoms with Crippen molar-refractivity contribution in [3.05, 3.63) is 24.3 Å². The van der Waals surface area contributed by atoms with Crippen LogP contribution in [0.4, 0.5) is 0 Å². The summed E-state index contributed by atoms with van der Waals surface area (Å²) in [6.07, 6.45) is 15.4. The van der Waals surface area contributed by atoms with Crippen LogP contribution in [0.2, 0.25) is 0 Å². The molecule has 0 aromatic rings. The van der Waals surface area contributed by atoms with Crippen LogP contribution in [0.5, 0.6) is 0 Å². The molecule has 0 aromatic heterocycles. The van der Waals surface area contributed by atoms with Gasteiger partial charge in [-0.1, -0.05) is 50.5 Å². The van der Waals surface area contributed by atoms with Crippen molar-refractivity contribution in [3.8, 4) is 0 Å². The highest BCUT2D eigenvalue weighted by Gasteiger charge is 2.46. The first-order valence-corrected chi connectivity index (χ1v) is 9.64. The fourth-order valence-electron chi connectivity index (χ4n) is 3.38. The van der Waals surface area contributed by atoms with Gasteiger partial charge in [0.1, 0.15) is 0 Å². The second-order valence-electron chi connectivity index (χ2n) is 7.05. The number of hydrogen-bond donors (Lipinski definition) is 2. The number of aliphatic hydroxyl groups is 1. The molecular weight excluding hydrogens is 320 g/mol. The maximum atomic E-state index is 10.5. The first-order chi connectivity index (χ1) is 12.1. The monoisotopic (exact) mass is 352 g/mol. The molecule has 3 rings (SSSR count). The highest BCUT2D eigenvalue weighted by molar-refractivity contribution is 5.66. The Morgan fingerprint density at radius 1 is 1.24 bits per heavy atom. The topological polar surface area (TPSA) is 76.0 Å². The van der Waals surface area contributed by atoms with Gasteiger partial charge in [-0.25, -0.2) is 0 Å². The Hall–Kier alpha value is -1.17.